The predicted octanol–water partition coefficient (Wildman–Crippen LogP) is 4.77. The molecular weight excluding hydrogens is 368 g/mol. The Morgan fingerprint density at radius 1 is 1.24 bits per heavy atom. The third-order valence-corrected chi connectivity index (χ3v) is 5.21. The summed E-state index contributed by atoms with van der Waals surface area (Å²) in [5, 5.41) is 6.63. The van der Waals surface area contributed by atoms with Crippen LogP contribution in [0.1, 0.15) is 43.4 Å². The number of hydrogen-bond donors (Lipinski definition) is 2. The lowest BCUT2D eigenvalue weighted by Crippen LogP contribution is -2.34. The molecule has 0 aliphatic carbocycles. The molecular formula is C23H24N2O4. The minimum absolute atomic E-state index is 0.157. The molecule has 0 bridgehead atoms. The van der Waals surface area contributed by atoms with E-state index in [-0.39, 0.29) is 18.2 Å². The summed E-state index contributed by atoms with van der Waals surface area (Å²) in [7, 11) is 0. The summed E-state index contributed by atoms with van der Waals surface area (Å²) in [6.07, 6.45) is 1.32. The Bertz CT molecular complexity index is 1110. The first kappa shape index (κ1) is 19.1. The summed E-state index contributed by atoms with van der Waals surface area (Å²) < 4.78 is 11.2. The summed E-state index contributed by atoms with van der Waals surface area (Å²) in [5.41, 5.74) is 5.22. The van der Waals surface area contributed by atoms with E-state index in [1.807, 2.05) is 6.07 Å². The number of aryl methyl sites for hydroxylation is 1. The Labute approximate surface area is 169 Å². The maximum atomic E-state index is 12.6. The van der Waals surface area contributed by atoms with Crippen LogP contribution < -0.4 is 15.4 Å². The van der Waals surface area contributed by atoms with Crippen LogP contribution in [0.5, 0.6) is 5.75 Å². The molecule has 3 aromatic rings. The van der Waals surface area contributed by atoms with Gasteiger partial charge in [-0.15, -0.1) is 0 Å². The van der Waals surface area contributed by atoms with E-state index < -0.39 is 6.10 Å². The van der Waals surface area contributed by atoms with Gasteiger partial charge in [0.2, 0.25) is 5.91 Å². The van der Waals surface area contributed by atoms with Crippen LogP contribution in [0.25, 0.3) is 11.0 Å². The van der Waals surface area contributed by atoms with Crippen LogP contribution in [-0.2, 0) is 16.0 Å². The highest BCUT2D eigenvalue weighted by atomic mass is 16.5. The van der Waals surface area contributed by atoms with E-state index in [0.717, 1.165) is 16.5 Å². The molecule has 2 N–H and O–H groups in total. The van der Waals surface area contributed by atoms with Gasteiger partial charge in [0.25, 0.3) is 5.91 Å². The smallest absolute Gasteiger partial charge is 0.265 e. The number of benzene rings is 2. The third kappa shape index (κ3) is 3.70. The first-order chi connectivity index (χ1) is 13.8. The number of furan rings is 1. The van der Waals surface area contributed by atoms with Crippen LogP contribution in [-0.4, -0.2) is 17.9 Å². The fourth-order valence-corrected chi connectivity index (χ4v) is 3.67. The Morgan fingerprint density at radius 3 is 2.79 bits per heavy atom. The molecule has 0 saturated heterocycles. The molecule has 2 heterocycles. The molecule has 1 aliphatic rings. The van der Waals surface area contributed by atoms with E-state index in [2.05, 4.69) is 37.5 Å². The first-order valence-corrected chi connectivity index (χ1v) is 9.74. The molecule has 6 nitrogen and oxygen atoms in total. The van der Waals surface area contributed by atoms with Gasteiger partial charge in [0, 0.05) is 16.6 Å². The maximum absolute atomic E-state index is 12.6. The van der Waals surface area contributed by atoms with Crippen molar-refractivity contribution in [3.63, 3.8) is 0 Å². The Kier molecular flexibility index (Phi) is 4.78. The third-order valence-electron chi connectivity index (χ3n) is 5.21. The molecule has 0 unspecified atom stereocenters. The largest absolute Gasteiger partial charge is 0.479 e. The van der Waals surface area contributed by atoms with Crippen molar-refractivity contribution >= 4 is 34.2 Å². The average Bonchev–Trinajstić information content (AvgIpc) is 3.03. The second kappa shape index (κ2) is 7.28. The zero-order valence-corrected chi connectivity index (χ0v) is 17.0. The van der Waals surface area contributed by atoms with Gasteiger partial charge in [0.1, 0.15) is 11.3 Å². The molecule has 0 spiro atoms. The number of ether oxygens (including phenoxy) is 1. The topological polar surface area (TPSA) is 80.6 Å². The quantitative estimate of drug-likeness (QED) is 0.670. The van der Waals surface area contributed by atoms with Gasteiger partial charge in [-0.1, -0.05) is 13.8 Å². The van der Waals surface area contributed by atoms with Crippen molar-refractivity contribution in [3.8, 4) is 5.75 Å². The van der Waals surface area contributed by atoms with Crippen LogP contribution >= 0.6 is 0 Å². The summed E-state index contributed by atoms with van der Waals surface area (Å²) >= 11 is 0. The summed E-state index contributed by atoms with van der Waals surface area (Å²) in [4.78, 5) is 24.4. The van der Waals surface area contributed by atoms with Gasteiger partial charge >= 0.3 is 0 Å². The monoisotopic (exact) mass is 392 g/mol. The molecule has 2 aromatic carbocycles. The van der Waals surface area contributed by atoms with Crippen LogP contribution in [0.2, 0.25) is 0 Å². The predicted molar refractivity (Wildman–Crippen MR) is 113 cm³/mol. The molecule has 4 rings (SSSR count). The molecule has 6 heteroatoms. The van der Waals surface area contributed by atoms with E-state index in [4.69, 9.17) is 9.15 Å². The van der Waals surface area contributed by atoms with E-state index in [1.165, 1.54) is 11.1 Å². The molecule has 0 fully saturated rings. The van der Waals surface area contributed by atoms with E-state index in [0.29, 0.717) is 23.0 Å². The van der Waals surface area contributed by atoms with Crippen molar-refractivity contribution in [2.24, 2.45) is 0 Å². The van der Waals surface area contributed by atoms with Crippen molar-refractivity contribution in [1.29, 1.82) is 0 Å². The van der Waals surface area contributed by atoms with Gasteiger partial charge in [0.15, 0.2) is 6.10 Å². The molecule has 0 radical (unpaired) electrons. The summed E-state index contributed by atoms with van der Waals surface area (Å²) in [6, 6.07) is 9.35. The van der Waals surface area contributed by atoms with Crippen LogP contribution in [0.15, 0.2) is 41.0 Å². The lowest BCUT2D eigenvalue weighted by atomic mass is 9.95. The second-order valence-corrected chi connectivity index (χ2v) is 7.81. The highest BCUT2D eigenvalue weighted by molar-refractivity contribution is 6.00. The van der Waals surface area contributed by atoms with E-state index in [1.54, 1.807) is 31.4 Å². The molecule has 2 amide bonds. The number of nitrogens with one attached hydrogen (secondary N) is 2. The normalized spacial score (nSPS) is 15.8. The summed E-state index contributed by atoms with van der Waals surface area (Å²) in [6.45, 7) is 8.07. The molecule has 1 aromatic heterocycles. The number of carbonyl (C=O) groups excluding carboxylic acids is 2. The van der Waals surface area contributed by atoms with Gasteiger partial charge in [0.05, 0.1) is 18.4 Å². The number of amides is 2. The molecule has 150 valence electrons. The van der Waals surface area contributed by atoms with Crippen molar-refractivity contribution < 1.29 is 18.7 Å². The zero-order chi connectivity index (χ0) is 20.7. The molecule has 1 aliphatic heterocycles. The Morgan fingerprint density at radius 2 is 2.03 bits per heavy atom. The number of carbonyl (C=O) groups is 2. The first-order valence-electron chi connectivity index (χ1n) is 9.74. The number of hydrogen-bond acceptors (Lipinski definition) is 4. The second-order valence-electron chi connectivity index (χ2n) is 7.81. The molecule has 1 atom stereocenters. The Hall–Kier alpha value is -3.28. The van der Waals surface area contributed by atoms with Crippen LogP contribution in [0.4, 0.5) is 11.4 Å². The number of fused-ring (bicyclic) bond motifs is 2. The minimum atomic E-state index is -0.531. The number of anilines is 2. The standard InChI is InChI=1S/C23H24N2O4/c1-12(2)17-10-18-15(11-28-21(18)7-13(17)3)8-22(26)24-16-5-6-20-19(9-16)25-23(27)14(4)29-20/h5-7,9-12,14H,8H2,1-4H3,(H,24,26)(H,25,27)/t14-/m1/s1. The van der Waals surface area contributed by atoms with Crippen molar-refractivity contribution in [1.82, 2.24) is 0 Å². The molecule has 0 saturated carbocycles. The van der Waals surface area contributed by atoms with Gasteiger partial charge in [-0.05, 0) is 61.2 Å². The van der Waals surface area contributed by atoms with Gasteiger partial charge < -0.3 is 19.8 Å². The maximum Gasteiger partial charge on any atom is 0.265 e. The lowest BCUT2D eigenvalue weighted by molar-refractivity contribution is -0.122. The van der Waals surface area contributed by atoms with Crippen molar-refractivity contribution in [3.05, 3.63) is 53.3 Å². The van der Waals surface area contributed by atoms with Gasteiger partial charge in [-0.25, -0.2) is 0 Å². The van der Waals surface area contributed by atoms with Crippen LogP contribution in [0.3, 0.4) is 0 Å². The highest BCUT2D eigenvalue weighted by Crippen LogP contribution is 2.33. The van der Waals surface area contributed by atoms with Crippen molar-refractivity contribution in [2.75, 3.05) is 10.6 Å². The number of rotatable bonds is 4. The van der Waals surface area contributed by atoms with Gasteiger partial charge in [-0.2, -0.15) is 0 Å². The van der Waals surface area contributed by atoms with Crippen molar-refractivity contribution in [2.45, 2.75) is 46.1 Å². The average molecular weight is 392 g/mol. The Balaban J connectivity index is 1.53. The fourth-order valence-electron chi connectivity index (χ4n) is 3.67. The van der Waals surface area contributed by atoms with E-state index >= 15 is 0 Å². The molecule has 29 heavy (non-hydrogen) atoms. The SMILES string of the molecule is Cc1cc2occ(CC(=O)Nc3ccc4c(c3)NC(=O)[C@@H](C)O4)c2cc1C(C)C. The fraction of sp³-hybridized carbons (Fsp3) is 0.304. The van der Waals surface area contributed by atoms with Gasteiger partial charge in [-0.3, -0.25) is 9.59 Å². The highest BCUT2D eigenvalue weighted by Gasteiger charge is 2.23. The zero-order valence-electron chi connectivity index (χ0n) is 17.0. The lowest BCUT2D eigenvalue weighted by Gasteiger charge is -2.23. The summed E-state index contributed by atoms with van der Waals surface area (Å²) in [5.74, 6) is 0.622. The minimum Gasteiger partial charge on any atom is -0.479 e. The van der Waals surface area contributed by atoms with Crippen LogP contribution in [0, 0.1) is 6.92 Å². The van der Waals surface area contributed by atoms with E-state index in [9.17, 15) is 9.59 Å².